The summed E-state index contributed by atoms with van der Waals surface area (Å²) < 4.78 is 21.1. The lowest BCUT2D eigenvalue weighted by Gasteiger charge is -2.14. The Labute approximate surface area is 176 Å². The van der Waals surface area contributed by atoms with Crippen molar-refractivity contribution >= 4 is 17.7 Å². The molecule has 0 aromatic heterocycles. The lowest BCUT2D eigenvalue weighted by Crippen LogP contribution is -2.28. The van der Waals surface area contributed by atoms with Gasteiger partial charge in [0.05, 0.1) is 33.5 Å². The fourth-order valence-corrected chi connectivity index (χ4v) is 2.68. The van der Waals surface area contributed by atoms with Gasteiger partial charge in [-0.25, -0.2) is 9.59 Å². The van der Waals surface area contributed by atoms with Gasteiger partial charge in [0.2, 0.25) is 5.75 Å². The third-order valence-electron chi connectivity index (χ3n) is 4.29. The molecule has 0 spiro atoms. The molecular formula is C22H28N2O6. The number of methoxy groups -OCH3 is 3. The van der Waals surface area contributed by atoms with Crippen molar-refractivity contribution in [2.75, 3.05) is 33.3 Å². The molecule has 0 radical (unpaired) electrons. The number of amides is 2. The molecule has 0 bridgehead atoms. The first-order valence-electron chi connectivity index (χ1n) is 9.63. The molecule has 0 unspecified atom stereocenters. The van der Waals surface area contributed by atoms with Crippen molar-refractivity contribution in [1.82, 2.24) is 5.32 Å². The summed E-state index contributed by atoms with van der Waals surface area (Å²) in [5.41, 5.74) is 1.78. The Hall–Kier alpha value is -3.42. The lowest BCUT2D eigenvalue weighted by atomic mass is 10.2. The van der Waals surface area contributed by atoms with E-state index >= 15 is 0 Å². The number of anilines is 1. The van der Waals surface area contributed by atoms with Crippen molar-refractivity contribution in [3.05, 3.63) is 47.5 Å². The molecule has 2 aromatic carbocycles. The van der Waals surface area contributed by atoms with Crippen LogP contribution in [0.5, 0.6) is 17.2 Å². The lowest BCUT2D eigenvalue weighted by molar-refractivity contribution is 0.0499. The topological polar surface area (TPSA) is 95.1 Å². The molecule has 8 heteroatoms. The molecule has 8 nitrogen and oxygen atoms in total. The van der Waals surface area contributed by atoms with Crippen LogP contribution < -0.4 is 24.8 Å². The van der Waals surface area contributed by atoms with Crippen LogP contribution in [0.25, 0.3) is 0 Å². The van der Waals surface area contributed by atoms with Crippen LogP contribution in [-0.2, 0) is 11.3 Å². The van der Waals surface area contributed by atoms with Crippen molar-refractivity contribution in [3.8, 4) is 17.2 Å². The predicted molar refractivity (Wildman–Crippen MR) is 114 cm³/mol. The summed E-state index contributed by atoms with van der Waals surface area (Å²) in [4.78, 5) is 24.1. The van der Waals surface area contributed by atoms with E-state index < -0.39 is 0 Å². The second kappa shape index (κ2) is 11.5. The molecule has 0 aliphatic rings. The number of hydrogen-bond acceptors (Lipinski definition) is 6. The van der Waals surface area contributed by atoms with Crippen LogP contribution >= 0.6 is 0 Å². The first kappa shape index (κ1) is 22.9. The summed E-state index contributed by atoms with van der Waals surface area (Å²) in [6, 6.07) is 9.67. The fraction of sp³-hybridized carbons (Fsp3) is 0.364. The molecule has 2 rings (SSSR count). The summed E-state index contributed by atoms with van der Waals surface area (Å²) in [5, 5.41) is 5.49. The van der Waals surface area contributed by atoms with Gasteiger partial charge in [0.25, 0.3) is 0 Å². The number of esters is 1. The molecule has 0 heterocycles. The molecule has 0 saturated carbocycles. The van der Waals surface area contributed by atoms with E-state index in [1.165, 1.54) is 21.3 Å². The molecule has 2 amide bonds. The highest BCUT2D eigenvalue weighted by molar-refractivity contribution is 5.92. The van der Waals surface area contributed by atoms with Crippen molar-refractivity contribution in [1.29, 1.82) is 0 Å². The van der Waals surface area contributed by atoms with Crippen LogP contribution in [0.2, 0.25) is 0 Å². The van der Waals surface area contributed by atoms with Gasteiger partial charge in [-0.2, -0.15) is 0 Å². The van der Waals surface area contributed by atoms with Gasteiger partial charge in [-0.3, -0.25) is 0 Å². The molecular weight excluding hydrogens is 388 g/mol. The summed E-state index contributed by atoms with van der Waals surface area (Å²) in [6.45, 7) is 2.68. The van der Waals surface area contributed by atoms with Gasteiger partial charge in [0.15, 0.2) is 11.5 Å². The number of urea groups is 1. The number of ether oxygens (including phenoxy) is 4. The van der Waals surface area contributed by atoms with E-state index in [2.05, 4.69) is 10.6 Å². The van der Waals surface area contributed by atoms with E-state index in [0.29, 0.717) is 35.1 Å². The van der Waals surface area contributed by atoms with Crippen LogP contribution in [-0.4, -0.2) is 39.9 Å². The molecule has 0 atom stereocenters. The van der Waals surface area contributed by atoms with Gasteiger partial charge >= 0.3 is 12.0 Å². The van der Waals surface area contributed by atoms with Crippen molar-refractivity contribution in [2.24, 2.45) is 0 Å². The number of unbranched alkanes of at least 4 members (excludes halogenated alkanes) is 1. The highest BCUT2D eigenvalue weighted by Gasteiger charge is 2.14. The van der Waals surface area contributed by atoms with Gasteiger partial charge in [0, 0.05) is 12.2 Å². The number of nitrogens with one attached hydrogen (secondary N) is 2. The van der Waals surface area contributed by atoms with E-state index in [4.69, 9.17) is 18.9 Å². The molecule has 162 valence electrons. The monoisotopic (exact) mass is 416 g/mol. The van der Waals surface area contributed by atoms with Gasteiger partial charge in [-0.15, -0.1) is 0 Å². The number of benzene rings is 2. The molecule has 30 heavy (non-hydrogen) atoms. The minimum absolute atomic E-state index is 0.254. The van der Waals surface area contributed by atoms with E-state index in [1.807, 2.05) is 6.92 Å². The molecule has 0 saturated heterocycles. The number of hydrogen-bond donors (Lipinski definition) is 2. The van der Waals surface area contributed by atoms with Gasteiger partial charge in [-0.1, -0.05) is 13.3 Å². The molecule has 2 N–H and O–H groups in total. The highest BCUT2D eigenvalue weighted by atomic mass is 16.5. The largest absolute Gasteiger partial charge is 0.493 e. The normalized spacial score (nSPS) is 10.1. The Morgan fingerprint density at radius 2 is 1.57 bits per heavy atom. The minimum Gasteiger partial charge on any atom is -0.493 e. The van der Waals surface area contributed by atoms with Crippen LogP contribution in [0.1, 0.15) is 35.7 Å². The third-order valence-corrected chi connectivity index (χ3v) is 4.29. The Morgan fingerprint density at radius 3 is 2.10 bits per heavy atom. The zero-order chi connectivity index (χ0) is 21.9. The zero-order valence-electron chi connectivity index (χ0n) is 17.7. The second-order valence-electron chi connectivity index (χ2n) is 6.41. The number of carbonyl (C=O) groups is 2. The second-order valence-corrected chi connectivity index (χ2v) is 6.41. The van der Waals surface area contributed by atoms with E-state index in [1.54, 1.807) is 36.4 Å². The average Bonchev–Trinajstić information content (AvgIpc) is 2.77. The van der Waals surface area contributed by atoms with Crippen molar-refractivity contribution in [2.45, 2.75) is 26.3 Å². The Balaban J connectivity index is 1.92. The fourth-order valence-electron chi connectivity index (χ4n) is 2.68. The smallest absolute Gasteiger partial charge is 0.338 e. The van der Waals surface area contributed by atoms with Gasteiger partial charge < -0.3 is 29.6 Å². The minimum atomic E-state index is -0.387. The van der Waals surface area contributed by atoms with Crippen LogP contribution in [0, 0.1) is 0 Å². The van der Waals surface area contributed by atoms with E-state index in [-0.39, 0.29) is 18.5 Å². The summed E-state index contributed by atoms with van der Waals surface area (Å²) in [5.74, 6) is 1.13. The van der Waals surface area contributed by atoms with Crippen molar-refractivity contribution < 1.29 is 28.5 Å². The maximum atomic E-state index is 12.2. The highest BCUT2D eigenvalue weighted by Crippen LogP contribution is 2.38. The average molecular weight is 416 g/mol. The molecule has 0 fully saturated rings. The standard InChI is InChI=1S/C22H28N2O6/c1-5-6-11-30-21(25)16-7-9-17(10-8-16)24-22(26)23-14-15-12-18(27-2)20(29-4)19(13-15)28-3/h7-10,12-13H,5-6,11,14H2,1-4H3,(H2,23,24,26). The van der Waals surface area contributed by atoms with Crippen LogP contribution in [0.15, 0.2) is 36.4 Å². The molecule has 2 aromatic rings. The molecule has 0 aliphatic heterocycles. The number of carbonyl (C=O) groups excluding carboxylic acids is 2. The van der Waals surface area contributed by atoms with E-state index in [0.717, 1.165) is 18.4 Å². The summed E-state index contributed by atoms with van der Waals surface area (Å²) in [6.07, 6.45) is 1.79. The summed E-state index contributed by atoms with van der Waals surface area (Å²) >= 11 is 0. The van der Waals surface area contributed by atoms with Crippen LogP contribution in [0.4, 0.5) is 10.5 Å². The van der Waals surface area contributed by atoms with Crippen molar-refractivity contribution in [3.63, 3.8) is 0 Å². The summed E-state index contributed by atoms with van der Waals surface area (Å²) in [7, 11) is 4.59. The Morgan fingerprint density at radius 1 is 0.933 bits per heavy atom. The zero-order valence-corrected chi connectivity index (χ0v) is 17.7. The van der Waals surface area contributed by atoms with E-state index in [9.17, 15) is 9.59 Å². The first-order valence-corrected chi connectivity index (χ1v) is 9.63. The quantitative estimate of drug-likeness (QED) is 0.449. The maximum absolute atomic E-state index is 12.2. The predicted octanol–water partition coefficient (Wildman–Crippen LogP) is 3.99. The first-order chi connectivity index (χ1) is 14.5. The van der Waals surface area contributed by atoms with Gasteiger partial charge in [-0.05, 0) is 48.4 Å². The number of rotatable bonds is 10. The van der Waals surface area contributed by atoms with Gasteiger partial charge in [0.1, 0.15) is 0 Å². The Kier molecular flexibility index (Phi) is 8.80. The third kappa shape index (κ3) is 6.30. The molecule has 0 aliphatic carbocycles. The SMILES string of the molecule is CCCCOC(=O)c1ccc(NC(=O)NCc2cc(OC)c(OC)c(OC)c2)cc1. The van der Waals surface area contributed by atoms with Crippen LogP contribution in [0.3, 0.4) is 0 Å². The Bertz CT molecular complexity index is 826. The maximum Gasteiger partial charge on any atom is 0.338 e.